The summed E-state index contributed by atoms with van der Waals surface area (Å²) in [5.41, 5.74) is 2.85. The molecule has 9 nitrogen and oxygen atoms in total. The maximum atomic E-state index is 14.0. The number of thioether (sulfide) groups is 1. The smallest absolute Gasteiger partial charge is 0.266 e. The number of imide groups is 2. The average molecular weight is 666 g/mol. The van der Waals surface area contributed by atoms with Gasteiger partial charge in [-0.3, -0.25) is 33.7 Å². The zero-order chi connectivity index (χ0) is 34.0. The molecule has 1 aromatic heterocycles. The normalized spacial score (nSPS) is 15.5. The standard InChI is InChI=1S/C39H27N3O6S/c1-2-3-18-49-22-13-14-28-29(19-22)39(48)42(38(28)47)31-17-12-21(20-41-36(45)26-10-6-7-11-27(26)37(41)46)23-15-16-30(40-33(23)31)32-34(43)24-8-4-5-9-25(24)35(32)44/h4-17,19,32H,2-3,18,20H2,1H3. The van der Waals surface area contributed by atoms with E-state index in [-0.39, 0.29) is 46.1 Å². The summed E-state index contributed by atoms with van der Waals surface area (Å²) in [7, 11) is 0. The molecule has 3 aliphatic rings. The minimum atomic E-state index is -1.19. The lowest BCUT2D eigenvalue weighted by Gasteiger charge is -2.21. The molecule has 4 amide bonds. The molecule has 0 saturated heterocycles. The second-order valence-corrected chi connectivity index (χ2v) is 13.3. The van der Waals surface area contributed by atoms with Crippen LogP contribution in [0.2, 0.25) is 0 Å². The predicted molar refractivity (Wildman–Crippen MR) is 183 cm³/mol. The fraction of sp³-hybridized carbons (Fsp3) is 0.154. The van der Waals surface area contributed by atoms with E-state index in [1.165, 1.54) is 0 Å². The number of amides is 4. The monoisotopic (exact) mass is 665 g/mol. The van der Waals surface area contributed by atoms with Crippen LogP contribution in [0.3, 0.4) is 0 Å². The Balaban J connectivity index is 1.23. The van der Waals surface area contributed by atoms with Crippen LogP contribution in [-0.4, -0.2) is 50.8 Å². The number of Topliss-reactive ketones (excluding diaryl/α,β-unsaturated/α-hetero) is 2. The van der Waals surface area contributed by atoms with Gasteiger partial charge in [-0.15, -0.1) is 11.8 Å². The summed E-state index contributed by atoms with van der Waals surface area (Å²) >= 11 is 1.62. The first-order valence-electron chi connectivity index (χ1n) is 16.0. The fourth-order valence-corrected chi connectivity index (χ4v) is 7.82. The number of aromatic nitrogens is 1. The molecule has 240 valence electrons. The van der Waals surface area contributed by atoms with Crippen LogP contribution < -0.4 is 4.90 Å². The second-order valence-electron chi connectivity index (χ2n) is 12.2. The van der Waals surface area contributed by atoms with Gasteiger partial charge in [0.15, 0.2) is 11.6 Å². The molecule has 0 N–H and O–H groups in total. The first kappa shape index (κ1) is 30.6. The predicted octanol–water partition coefficient (Wildman–Crippen LogP) is 6.89. The lowest BCUT2D eigenvalue weighted by molar-refractivity contribution is 0.0641. The summed E-state index contributed by atoms with van der Waals surface area (Å²) < 4.78 is 0. The van der Waals surface area contributed by atoms with Gasteiger partial charge in [-0.1, -0.05) is 61.9 Å². The lowest BCUT2D eigenvalue weighted by Crippen LogP contribution is -2.31. The SMILES string of the molecule is CCCCSc1ccc2c(c1)C(=O)N(c1ccc(CN3C(=O)c4ccccc4C3=O)c3ccc(C4C(=O)c5ccccc5C4=O)nc13)C2=O. The summed E-state index contributed by atoms with van der Waals surface area (Å²) in [5, 5.41) is 0.459. The van der Waals surface area contributed by atoms with E-state index in [1.54, 1.807) is 96.7 Å². The molecule has 0 saturated carbocycles. The van der Waals surface area contributed by atoms with Gasteiger partial charge in [-0.25, -0.2) is 9.88 Å². The number of benzene rings is 4. The van der Waals surface area contributed by atoms with Crippen molar-refractivity contribution in [2.24, 2.45) is 0 Å². The van der Waals surface area contributed by atoms with Crippen molar-refractivity contribution in [1.29, 1.82) is 0 Å². The number of unbranched alkanes of at least 4 members (excludes halogenated alkanes) is 1. The third kappa shape index (κ3) is 4.74. The maximum Gasteiger partial charge on any atom is 0.266 e. The number of hydrogen-bond donors (Lipinski definition) is 0. The molecular formula is C39H27N3O6S. The lowest BCUT2D eigenvalue weighted by atomic mass is 9.97. The molecule has 0 bridgehead atoms. The van der Waals surface area contributed by atoms with Crippen molar-refractivity contribution in [3.63, 3.8) is 0 Å². The minimum absolute atomic E-state index is 0.0999. The van der Waals surface area contributed by atoms with Gasteiger partial charge >= 0.3 is 0 Å². The number of nitrogens with zero attached hydrogens (tertiary/aromatic N) is 3. The van der Waals surface area contributed by atoms with Gasteiger partial charge in [0, 0.05) is 21.4 Å². The highest BCUT2D eigenvalue weighted by molar-refractivity contribution is 7.99. The zero-order valence-corrected chi connectivity index (χ0v) is 27.1. The van der Waals surface area contributed by atoms with E-state index in [1.807, 2.05) is 6.07 Å². The summed E-state index contributed by atoms with van der Waals surface area (Å²) in [6, 6.07) is 24.9. The first-order chi connectivity index (χ1) is 23.8. The van der Waals surface area contributed by atoms with Gasteiger partial charge in [-0.2, -0.15) is 0 Å². The Labute approximate surface area is 284 Å². The van der Waals surface area contributed by atoms with Gasteiger partial charge in [0.05, 0.1) is 45.7 Å². The van der Waals surface area contributed by atoms with Crippen LogP contribution in [0.4, 0.5) is 5.69 Å². The molecule has 3 heterocycles. The van der Waals surface area contributed by atoms with E-state index in [9.17, 15) is 28.8 Å². The van der Waals surface area contributed by atoms with Crippen molar-refractivity contribution in [2.75, 3.05) is 10.7 Å². The third-order valence-corrected chi connectivity index (χ3v) is 10.4. The Hall–Kier alpha value is -5.74. The molecule has 0 unspecified atom stereocenters. The molecule has 0 fully saturated rings. The Morgan fingerprint density at radius 3 is 1.92 bits per heavy atom. The largest absolute Gasteiger partial charge is 0.293 e. The molecule has 4 aromatic carbocycles. The molecular weight excluding hydrogens is 639 g/mol. The Bertz CT molecular complexity index is 2260. The highest BCUT2D eigenvalue weighted by Crippen LogP contribution is 2.39. The van der Waals surface area contributed by atoms with Gasteiger partial charge < -0.3 is 0 Å². The third-order valence-electron chi connectivity index (χ3n) is 9.30. The topological polar surface area (TPSA) is 122 Å². The highest BCUT2D eigenvalue weighted by atomic mass is 32.2. The molecule has 2 aliphatic heterocycles. The molecule has 0 atom stereocenters. The van der Waals surface area contributed by atoms with Crippen LogP contribution >= 0.6 is 11.8 Å². The van der Waals surface area contributed by atoms with Crippen LogP contribution in [0, 0.1) is 0 Å². The first-order valence-corrected chi connectivity index (χ1v) is 17.0. The van der Waals surface area contributed by atoms with Gasteiger partial charge in [0.25, 0.3) is 23.6 Å². The van der Waals surface area contributed by atoms with Crippen LogP contribution in [0.1, 0.15) is 99.1 Å². The number of ketones is 2. The van der Waals surface area contributed by atoms with Crippen molar-refractivity contribution in [3.05, 3.63) is 136 Å². The van der Waals surface area contributed by atoms with Gasteiger partial charge in [0.1, 0.15) is 5.92 Å². The van der Waals surface area contributed by atoms with E-state index in [4.69, 9.17) is 4.98 Å². The van der Waals surface area contributed by atoms with Crippen LogP contribution in [-0.2, 0) is 6.54 Å². The number of rotatable bonds is 8. The summed E-state index contributed by atoms with van der Waals surface area (Å²) in [4.78, 5) is 89.2. The van der Waals surface area contributed by atoms with Crippen molar-refractivity contribution in [3.8, 4) is 0 Å². The van der Waals surface area contributed by atoms with Crippen molar-refractivity contribution >= 4 is 63.5 Å². The Morgan fingerprint density at radius 1 is 0.653 bits per heavy atom. The maximum absolute atomic E-state index is 14.0. The zero-order valence-electron chi connectivity index (χ0n) is 26.3. The summed E-state index contributed by atoms with van der Waals surface area (Å²) in [6.07, 6.45) is 2.06. The molecule has 0 spiro atoms. The number of hydrogen-bond acceptors (Lipinski definition) is 8. The van der Waals surface area contributed by atoms with Crippen molar-refractivity contribution in [1.82, 2.24) is 9.88 Å². The molecule has 5 aromatic rings. The van der Waals surface area contributed by atoms with Crippen molar-refractivity contribution < 1.29 is 28.8 Å². The summed E-state index contributed by atoms with van der Waals surface area (Å²) in [6.45, 7) is 2.01. The number of fused-ring (bicyclic) bond motifs is 4. The van der Waals surface area contributed by atoms with Crippen molar-refractivity contribution in [2.45, 2.75) is 37.1 Å². The van der Waals surface area contributed by atoms with Crippen LogP contribution in [0.25, 0.3) is 10.9 Å². The fourth-order valence-electron chi connectivity index (χ4n) is 6.78. The molecule has 10 heteroatoms. The number of pyridine rings is 1. The van der Waals surface area contributed by atoms with E-state index in [0.29, 0.717) is 33.2 Å². The number of anilines is 1. The average Bonchev–Trinajstić information content (AvgIpc) is 3.63. The van der Waals surface area contributed by atoms with E-state index >= 15 is 0 Å². The van der Waals surface area contributed by atoms with Gasteiger partial charge in [0.2, 0.25) is 0 Å². The Kier molecular flexibility index (Phi) is 7.33. The van der Waals surface area contributed by atoms with E-state index < -0.39 is 29.5 Å². The van der Waals surface area contributed by atoms with E-state index in [0.717, 1.165) is 33.3 Å². The molecule has 8 rings (SSSR count). The molecule has 49 heavy (non-hydrogen) atoms. The van der Waals surface area contributed by atoms with Gasteiger partial charge in [-0.05, 0) is 60.2 Å². The molecule has 0 radical (unpaired) electrons. The van der Waals surface area contributed by atoms with Crippen LogP contribution in [0.15, 0.2) is 95.9 Å². The highest BCUT2D eigenvalue weighted by Gasteiger charge is 2.42. The van der Waals surface area contributed by atoms with Crippen LogP contribution in [0.5, 0.6) is 0 Å². The number of carbonyl (C=O) groups is 6. The quantitative estimate of drug-likeness (QED) is 0.0761. The molecule has 1 aliphatic carbocycles. The minimum Gasteiger partial charge on any atom is -0.293 e. The number of carbonyl (C=O) groups excluding carboxylic acids is 6. The Morgan fingerprint density at radius 2 is 1.27 bits per heavy atom. The second kappa shape index (κ2) is 11.7. The summed E-state index contributed by atoms with van der Waals surface area (Å²) in [5.74, 6) is -2.98. The van der Waals surface area contributed by atoms with E-state index in [2.05, 4.69) is 6.92 Å².